The molecule has 0 aliphatic carbocycles. The van der Waals surface area contributed by atoms with Crippen LogP contribution in [0.4, 0.5) is 0 Å². The SMILES string of the molecule is O=CCc1coc2ccccc2c1=O. The van der Waals surface area contributed by atoms with Crippen LogP contribution in [0.3, 0.4) is 0 Å². The third kappa shape index (κ3) is 1.33. The Morgan fingerprint density at radius 3 is 2.86 bits per heavy atom. The maximum atomic E-state index is 11.7. The minimum atomic E-state index is -0.126. The van der Waals surface area contributed by atoms with Crippen LogP contribution >= 0.6 is 0 Å². The molecule has 3 nitrogen and oxygen atoms in total. The molecule has 0 aliphatic heterocycles. The second-order valence-corrected chi connectivity index (χ2v) is 2.96. The normalized spacial score (nSPS) is 10.3. The van der Waals surface area contributed by atoms with Crippen molar-refractivity contribution in [3.05, 3.63) is 46.3 Å². The topological polar surface area (TPSA) is 47.3 Å². The van der Waals surface area contributed by atoms with Gasteiger partial charge in [-0.15, -0.1) is 0 Å². The van der Waals surface area contributed by atoms with Crippen molar-refractivity contribution >= 4 is 17.3 Å². The first-order chi connectivity index (χ1) is 6.83. The number of benzene rings is 1. The summed E-state index contributed by atoms with van der Waals surface area (Å²) >= 11 is 0. The van der Waals surface area contributed by atoms with E-state index in [-0.39, 0.29) is 11.8 Å². The highest BCUT2D eigenvalue weighted by Crippen LogP contribution is 2.10. The van der Waals surface area contributed by atoms with Gasteiger partial charge in [0, 0.05) is 12.0 Å². The van der Waals surface area contributed by atoms with Gasteiger partial charge in [0.1, 0.15) is 11.9 Å². The zero-order valence-corrected chi connectivity index (χ0v) is 7.40. The molecule has 70 valence electrons. The predicted molar refractivity (Wildman–Crippen MR) is 52.3 cm³/mol. The van der Waals surface area contributed by atoms with Crippen LogP contribution in [0.25, 0.3) is 11.0 Å². The van der Waals surface area contributed by atoms with Gasteiger partial charge >= 0.3 is 0 Å². The van der Waals surface area contributed by atoms with Gasteiger partial charge in [0.05, 0.1) is 11.6 Å². The number of rotatable bonds is 2. The van der Waals surface area contributed by atoms with E-state index in [9.17, 15) is 9.59 Å². The summed E-state index contributed by atoms with van der Waals surface area (Å²) in [6.07, 6.45) is 2.15. The maximum Gasteiger partial charge on any atom is 0.196 e. The van der Waals surface area contributed by atoms with Gasteiger partial charge in [-0.3, -0.25) is 4.79 Å². The van der Waals surface area contributed by atoms with Crippen molar-refractivity contribution < 1.29 is 9.21 Å². The first kappa shape index (κ1) is 8.69. The number of fused-ring (bicyclic) bond motifs is 1. The van der Waals surface area contributed by atoms with Gasteiger partial charge in [-0.25, -0.2) is 0 Å². The minimum Gasteiger partial charge on any atom is -0.464 e. The van der Waals surface area contributed by atoms with Gasteiger partial charge in [0.15, 0.2) is 5.43 Å². The molecule has 0 atom stereocenters. The highest BCUT2D eigenvalue weighted by atomic mass is 16.3. The van der Waals surface area contributed by atoms with E-state index >= 15 is 0 Å². The van der Waals surface area contributed by atoms with Crippen LogP contribution in [-0.2, 0) is 11.2 Å². The maximum absolute atomic E-state index is 11.7. The Morgan fingerprint density at radius 2 is 2.07 bits per heavy atom. The van der Waals surface area contributed by atoms with Crippen molar-refractivity contribution in [2.45, 2.75) is 6.42 Å². The third-order valence-electron chi connectivity index (χ3n) is 2.05. The van der Waals surface area contributed by atoms with Crippen LogP contribution in [-0.4, -0.2) is 6.29 Å². The summed E-state index contributed by atoms with van der Waals surface area (Å²) in [5, 5.41) is 0.520. The van der Waals surface area contributed by atoms with E-state index in [0.717, 1.165) is 0 Å². The van der Waals surface area contributed by atoms with Crippen molar-refractivity contribution in [3.8, 4) is 0 Å². The Hall–Kier alpha value is -1.90. The van der Waals surface area contributed by atoms with E-state index < -0.39 is 0 Å². The Morgan fingerprint density at radius 1 is 1.29 bits per heavy atom. The molecule has 0 radical (unpaired) electrons. The lowest BCUT2D eigenvalue weighted by atomic mass is 10.1. The average molecular weight is 188 g/mol. The Kier molecular flexibility index (Phi) is 2.14. The van der Waals surface area contributed by atoms with Crippen molar-refractivity contribution in [1.82, 2.24) is 0 Å². The van der Waals surface area contributed by atoms with Gasteiger partial charge in [-0.2, -0.15) is 0 Å². The molecule has 0 N–H and O–H groups in total. The van der Waals surface area contributed by atoms with Crippen molar-refractivity contribution in [3.63, 3.8) is 0 Å². The van der Waals surface area contributed by atoms with Gasteiger partial charge < -0.3 is 9.21 Å². The molecule has 0 unspecified atom stereocenters. The fourth-order valence-electron chi connectivity index (χ4n) is 1.35. The highest BCUT2D eigenvalue weighted by molar-refractivity contribution is 5.77. The predicted octanol–water partition coefficient (Wildman–Crippen LogP) is 1.53. The second kappa shape index (κ2) is 3.46. The smallest absolute Gasteiger partial charge is 0.196 e. The summed E-state index contributed by atoms with van der Waals surface area (Å²) in [7, 11) is 0. The molecule has 0 bridgehead atoms. The van der Waals surface area contributed by atoms with Crippen LogP contribution < -0.4 is 5.43 Å². The lowest BCUT2D eigenvalue weighted by molar-refractivity contribution is -0.107. The lowest BCUT2D eigenvalue weighted by Gasteiger charge is -1.97. The number of carbonyl (C=O) groups excluding carboxylic acids is 1. The standard InChI is InChI=1S/C11H8O3/c12-6-5-8-7-14-10-4-2-1-3-9(10)11(8)13/h1-4,6-7H,5H2. The summed E-state index contributed by atoms with van der Waals surface area (Å²) in [4.78, 5) is 22.0. The summed E-state index contributed by atoms with van der Waals surface area (Å²) in [5.74, 6) is 0. The molecule has 2 aromatic rings. The zero-order valence-electron chi connectivity index (χ0n) is 7.40. The summed E-state index contributed by atoms with van der Waals surface area (Å²) < 4.78 is 5.22. The average Bonchev–Trinajstić information content (AvgIpc) is 2.23. The lowest BCUT2D eigenvalue weighted by Crippen LogP contribution is -2.08. The van der Waals surface area contributed by atoms with E-state index in [0.29, 0.717) is 22.8 Å². The molecule has 0 fully saturated rings. The molecule has 1 aromatic heterocycles. The molecule has 1 heterocycles. The highest BCUT2D eigenvalue weighted by Gasteiger charge is 2.04. The molecular weight excluding hydrogens is 180 g/mol. The molecule has 0 spiro atoms. The molecule has 0 saturated carbocycles. The number of hydrogen-bond donors (Lipinski definition) is 0. The molecule has 2 rings (SSSR count). The molecule has 3 heteroatoms. The summed E-state index contributed by atoms with van der Waals surface area (Å²) in [6.45, 7) is 0. The largest absolute Gasteiger partial charge is 0.464 e. The van der Waals surface area contributed by atoms with Gasteiger partial charge in [-0.1, -0.05) is 12.1 Å². The fourth-order valence-corrected chi connectivity index (χ4v) is 1.35. The zero-order chi connectivity index (χ0) is 9.97. The minimum absolute atomic E-state index is 0.104. The molecule has 14 heavy (non-hydrogen) atoms. The summed E-state index contributed by atoms with van der Waals surface area (Å²) in [5.41, 5.74) is 0.824. The Balaban J connectivity index is 2.75. The van der Waals surface area contributed by atoms with Crippen molar-refractivity contribution in [2.75, 3.05) is 0 Å². The first-order valence-electron chi connectivity index (χ1n) is 4.26. The number of carbonyl (C=O) groups is 1. The molecule has 0 aliphatic rings. The van der Waals surface area contributed by atoms with E-state index in [1.165, 1.54) is 6.26 Å². The van der Waals surface area contributed by atoms with Crippen LogP contribution in [0.5, 0.6) is 0 Å². The molecular formula is C11H8O3. The van der Waals surface area contributed by atoms with Gasteiger partial charge in [-0.05, 0) is 12.1 Å². The molecule has 0 amide bonds. The van der Waals surface area contributed by atoms with Crippen LogP contribution in [0.15, 0.2) is 39.7 Å². The first-order valence-corrected chi connectivity index (χ1v) is 4.26. The monoisotopic (exact) mass is 188 g/mol. The van der Waals surface area contributed by atoms with E-state index in [4.69, 9.17) is 4.42 Å². The third-order valence-corrected chi connectivity index (χ3v) is 2.05. The van der Waals surface area contributed by atoms with Gasteiger partial charge in [0.25, 0.3) is 0 Å². The second-order valence-electron chi connectivity index (χ2n) is 2.96. The van der Waals surface area contributed by atoms with E-state index in [1.807, 2.05) is 0 Å². The van der Waals surface area contributed by atoms with E-state index in [2.05, 4.69) is 0 Å². The van der Waals surface area contributed by atoms with Crippen LogP contribution in [0.2, 0.25) is 0 Å². The van der Waals surface area contributed by atoms with Gasteiger partial charge in [0.2, 0.25) is 0 Å². The Labute approximate surface area is 80.0 Å². The van der Waals surface area contributed by atoms with Crippen LogP contribution in [0.1, 0.15) is 5.56 Å². The number of hydrogen-bond acceptors (Lipinski definition) is 3. The molecule has 0 saturated heterocycles. The quantitative estimate of drug-likeness (QED) is 0.671. The fraction of sp³-hybridized carbons (Fsp3) is 0.0909. The molecule has 1 aromatic carbocycles. The van der Waals surface area contributed by atoms with E-state index in [1.54, 1.807) is 24.3 Å². The number of para-hydroxylation sites is 1. The Bertz CT molecular complexity index is 525. The summed E-state index contributed by atoms with van der Waals surface area (Å²) in [6, 6.07) is 6.98. The number of aldehydes is 1. The van der Waals surface area contributed by atoms with Crippen molar-refractivity contribution in [1.29, 1.82) is 0 Å². The van der Waals surface area contributed by atoms with Crippen LogP contribution in [0, 0.1) is 0 Å². The van der Waals surface area contributed by atoms with Crippen molar-refractivity contribution in [2.24, 2.45) is 0 Å².